The van der Waals surface area contributed by atoms with Crippen molar-refractivity contribution in [2.24, 2.45) is 0 Å². The van der Waals surface area contributed by atoms with Gasteiger partial charge in [-0.1, -0.05) is 48.0 Å². The lowest BCUT2D eigenvalue weighted by molar-refractivity contribution is 0.160. The van der Waals surface area contributed by atoms with Crippen LogP contribution in [0.15, 0.2) is 48.5 Å². The van der Waals surface area contributed by atoms with Crippen molar-refractivity contribution < 1.29 is 12.8 Å². The highest BCUT2D eigenvalue weighted by Gasteiger charge is 2.31. The fraction of sp³-hybridized carbons (Fsp3) is 0.350. The molecule has 1 aliphatic rings. The lowest BCUT2D eigenvalue weighted by atomic mass is 10.1. The molecule has 0 N–H and O–H groups in total. The fourth-order valence-electron chi connectivity index (χ4n) is 3.27. The summed E-state index contributed by atoms with van der Waals surface area (Å²) in [5.74, 6) is -0.457. The van der Waals surface area contributed by atoms with Crippen LogP contribution in [0.4, 0.5) is 4.39 Å². The highest BCUT2D eigenvalue weighted by Crippen LogP contribution is 2.25. The predicted molar refractivity (Wildman–Crippen MR) is 102 cm³/mol. The summed E-state index contributed by atoms with van der Waals surface area (Å²) in [6.45, 7) is 3.32. The van der Waals surface area contributed by atoms with Crippen LogP contribution in [-0.4, -0.2) is 43.8 Å². The number of piperazine rings is 1. The van der Waals surface area contributed by atoms with Crippen LogP contribution in [-0.2, 0) is 15.8 Å². The lowest BCUT2D eigenvalue weighted by Crippen LogP contribution is -2.49. The van der Waals surface area contributed by atoms with Gasteiger partial charge in [0.15, 0.2) is 0 Å². The summed E-state index contributed by atoms with van der Waals surface area (Å²) in [6, 6.07) is 15.1. The normalized spacial score (nSPS) is 17.4. The van der Waals surface area contributed by atoms with Crippen LogP contribution >= 0.6 is 0 Å². The molecule has 0 aromatic heterocycles. The van der Waals surface area contributed by atoms with Crippen LogP contribution in [0.3, 0.4) is 0 Å². The third kappa shape index (κ3) is 4.53. The highest BCUT2D eigenvalue weighted by molar-refractivity contribution is 7.88. The third-order valence-corrected chi connectivity index (χ3v) is 6.67. The molecule has 1 heterocycles. The Balaban J connectivity index is 1.66. The van der Waals surface area contributed by atoms with Crippen LogP contribution in [0.2, 0.25) is 0 Å². The van der Waals surface area contributed by atoms with E-state index in [0.717, 1.165) is 11.1 Å². The first-order valence-corrected chi connectivity index (χ1v) is 10.4. The van der Waals surface area contributed by atoms with Crippen molar-refractivity contribution in [1.29, 1.82) is 5.26 Å². The molecule has 3 rings (SSSR count). The Labute approximate surface area is 159 Å². The standard InChI is InChI=1S/C20H22FN3O2S/c1-16-6-8-17(9-7-16)15-27(25,26)24-12-10-23(11-13-24)20(14-22)18-4-2-3-5-19(18)21/h2-9,20H,10-13,15H2,1H3. The zero-order valence-corrected chi connectivity index (χ0v) is 16.0. The first kappa shape index (κ1) is 19.5. The average molecular weight is 387 g/mol. The van der Waals surface area contributed by atoms with Gasteiger partial charge in [0.1, 0.15) is 11.9 Å². The zero-order chi connectivity index (χ0) is 19.4. The van der Waals surface area contributed by atoms with Gasteiger partial charge in [0.05, 0.1) is 11.8 Å². The Kier molecular flexibility index (Phi) is 5.90. The topological polar surface area (TPSA) is 64.4 Å². The minimum atomic E-state index is -3.43. The first-order valence-electron chi connectivity index (χ1n) is 8.82. The number of halogens is 1. The maximum Gasteiger partial charge on any atom is 0.218 e. The molecule has 0 aliphatic carbocycles. The molecule has 0 bridgehead atoms. The van der Waals surface area contributed by atoms with Gasteiger partial charge in [0, 0.05) is 31.7 Å². The van der Waals surface area contributed by atoms with Gasteiger partial charge in [-0.3, -0.25) is 4.90 Å². The Morgan fingerprint density at radius 1 is 1.07 bits per heavy atom. The summed E-state index contributed by atoms with van der Waals surface area (Å²) in [4.78, 5) is 1.83. The van der Waals surface area contributed by atoms with Crippen molar-refractivity contribution in [3.05, 3.63) is 71.0 Å². The number of benzene rings is 2. The minimum Gasteiger partial charge on any atom is -0.282 e. The molecule has 2 aromatic carbocycles. The van der Waals surface area contributed by atoms with E-state index in [2.05, 4.69) is 6.07 Å². The second kappa shape index (κ2) is 8.17. The van der Waals surface area contributed by atoms with E-state index in [1.807, 2.05) is 36.1 Å². The van der Waals surface area contributed by atoms with Crippen LogP contribution in [0.1, 0.15) is 22.7 Å². The van der Waals surface area contributed by atoms with Crippen LogP contribution < -0.4 is 0 Å². The smallest absolute Gasteiger partial charge is 0.218 e. The molecule has 1 atom stereocenters. The number of aryl methyl sites for hydroxylation is 1. The molecule has 142 valence electrons. The molecule has 5 nitrogen and oxygen atoms in total. The lowest BCUT2D eigenvalue weighted by Gasteiger charge is -2.36. The Bertz CT molecular complexity index is 930. The number of nitrogens with zero attached hydrogens (tertiary/aromatic N) is 3. The van der Waals surface area contributed by atoms with Crippen molar-refractivity contribution in [2.45, 2.75) is 18.7 Å². The van der Waals surface area contributed by atoms with Crippen molar-refractivity contribution in [1.82, 2.24) is 9.21 Å². The quantitative estimate of drug-likeness (QED) is 0.791. The van der Waals surface area contributed by atoms with Crippen LogP contribution in [0.5, 0.6) is 0 Å². The van der Waals surface area contributed by atoms with Gasteiger partial charge in [-0.25, -0.2) is 12.8 Å². The van der Waals surface area contributed by atoms with Crippen LogP contribution in [0.25, 0.3) is 0 Å². The number of sulfonamides is 1. The Hall–Kier alpha value is -2.27. The van der Waals surface area contributed by atoms with E-state index in [4.69, 9.17) is 0 Å². The van der Waals surface area contributed by atoms with Crippen molar-refractivity contribution in [3.8, 4) is 6.07 Å². The molecule has 1 fully saturated rings. The summed E-state index contributed by atoms with van der Waals surface area (Å²) in [6.07, 6.45) is 0. The molecule has 1 unspecified atom stereocenters. The molecule has 7 heteroatoms. The minimum absolute atomic E-state index is 0.0394. The van der Waals surface area contributed by atoms with E-state index >= 15 is 0 Å². The van der Waals surface area contributed by atoms with Gasteiger partial charge in [0.25, 0.3) is 0 Å². The Morgan fingerprint density at radius 3 is 2.30 bits per heavy atom. The maximum atomic E-state index is 14.0. The summed E-state index contributed by atoms with van der Waals surface area (Å²) in [5.41, 5.74) is 2.17. The van der Waals surface area contributed by atoms with E-state index in [1.54, 1.807) is 18.2 Å². The molecule has 1 aliphatic heterocycles. The highest BCUT2D eigenvalue weighted by atomic mass is 32.2. The monoisotopic (exact) mass is 387 g/mol. The van der Waals surface area contributed by atoms with Crippen LogP contribution in [0, 0.1) is 24.1 Å². The molecule has 2 aromatic rings. The van der Waals surface area contributed by atoms with E-state index in [-0.39, 0.29) is 5.75 Å². The maximum absolute atomic E-state index is 14.0. The fourth-order valence-corrected chi connectivity index (χ4v) is 4.79. The molecule has 27 heavy (non-hydrogen) atoms. The average Bonchev–Trinajstić information content (AvgIpc) is 2.66. The van der Waals surface area contributed by atoms with Crippen molar-refractivity contribution in [3.63, 3.8) is 0 Å². The van der Waals surface area contributed by atoms with Crippen molar-refractivity contribution >= 4 is 10.0 Å². The van der Waals surface area contributed by atoms with Gasteiger partial charge in [-0.05, 0) is 18.6 Å². The van der Waals surface area contributed by atoms with Gasteiger partial charge < -0.3 is 0 Å². The summed E-state index contributed by atoms with van der Waals surface area (Å²) >= 11 is 0. The summed E-state index contributed by atoms with van der Waals surface area (Å²) in [5, 5.41) is 9.51. The zero-order valence-electron chi connectivity index (χ0n) is 15.2. The summed E-state index contributed by atoms with van der Waals surface area (Å²) < 4.78 is 40.9. The molecule has 0 amide bonds. The number of hydrogen-bond donors (Lipinski definition) is 0. The van der Waals surface area contributed by atoms with Crippen molar-refractivity contribution in [2.75, 3.05) is 26.2 Å². The number of nitriles is 1. The van der Waals surface area contributed by atoms with E-state index in [1.165, 1.54) is 10.4 Å². The molecular formula is C20H22FN3O2S. The second-order valence-corrected chi connectivity index (χ2v) is 8.70. The largest absolute Gasteiger partial charge is 0.282 e. The Morgan fingerprint density at radius 2 is 1.70 bits per heavy atom. The number of rotatable bonds is 5. The number of hydrogen-bond acceptors (Lipinski definition) is 4. The first-order chi connectivity index (χ1) is 12.9. The predicted octanol–water partition coefficient (Wildman–Crippen LogP) is 2.85. The molecule has 0 spiro atoms. The van der Waals surface area contributed by atoms with E-state index in [9.17, 15) is 18.1 Å². The SMILES string of the molecule is Cc1ccc(CS(=O)(=O)N2CCN(C(C#N)c3ccccc3F)CC2)cc1. The molecule has 0 saturated carbocycles. The van der Waals surface area contributed by atoms with Gasteiger partial charge in [-0.2, -0.15) is 9.57 Å². The summed E-state index contributed by atoms with van der Waals surface area (Å²) in [7, 11) is -3.43. The molecular weight excluding hydrogens is 365 g/mol. The van der Waals surface area contributed by atoms with E-state index < -0.39 is 21.9 Å². The molecule has 1 saturated heterocycles. The van der Waals surface area contributed by atoms with Gasteiger partial charge >= 0.3 is 0 Å². The third-order valence-electron chi connectivity index (χ3n) is 4.82. The van der Waals surface area contributed by atoms with Gasteiger partial charge in [-0.15, -0.1) is 0 Å². The van der Waals surface area contributed by atoms with E-state index in [0.29, 0.717) is 31.7 Å². The van der Waals surface area contributed by atoms with Gasteiger partial charge in [0.2, 0.25) is 10.0 Å². The second-order valence-electron chi connectivity index (χ2n) is 6.73. The molecule has 0 radical (unpaired) electrons.